The van der Waals surface area contributed by atoms with Gasteiger partial charge in [-0.2, -0.15) is 0 Å². The zero-order chi connectivity index (χ0) is 13.8. The second-order valence-corrected chi connectivity index (χ2v) is 5.05. The van der Waals surface area contributed by atoms with Crippen molar-refractivity contribution in [1.82, 2.24) is 0 Å². The van der Waals surface area contributed by atoms with Crippen LogP contribution in [0, 0.1) is 6.92 Å². The summed E-state index contributed by atoms with van der Waals surface area (Å²) in [7, 11) is 1.64. The van der Waals surface area contributed by atoms with Crippen molar-refractivity contribution < 1.29 is 4.74 Å². The molecule has 2 aromatic carbocycles. The lowest BCUT2D eigenvalue weighted by Crippen LogP contribution is -2.02. The van der Waals surface area contributed by atoms with Gasteiger partial charge in [-0.3, -0.25) is 0 Å². The standard InChI is InChI=1S/C15H15Cl2NO/c1-10-6-7-11(8-14(10)17)18-9-12-13(16)4-3-5-15(12)19-2/h3-8,18H,9H2,1-2H3. The zero-order valence-corrected chi connectivity index (χ0v) is 12.3. The normalized spacial score (nSPS) is 10.3. The molecule has 0 saturated heterocycles. The van der Waals surface area contributed by atoms with Gasteiger partial charge in [-0.25, -0.2) is 0 Å². The van der Waals surface area contributed by atoms with E-state index in [1.165, 1.54) is 0 Å². The highest BCUT2D eigenvalue weighted by Gasteiger charge is 2.07. The van der Waals surface area contributed by atoms with Crippen LogP contribution in [-0.4, -0.2) is 7.11 Å². The van der Waals surface area contributed by atoms with Gasteiger partial charge < -0.3 is 10.1 Å². The monoisotopic (exact) mass is 295 g/mol. The van der Waals surface area contributed by atoms with Crippen LogP contribution in [0.25, 0.3) is 0 Å². The third kappa shape index (κ3) is 3.34. The summed E-state index contributed by atoms with van der Waals surface area (Å²) in [6, 6.07) is 11.5. The third-order valence-corrected chi connectivity index (χ3v) is 3.70. The minimum absolute atomic E-state index is 0.586. The minimum atomic E-state index is 0.586. The molecule has 2 rings (SSSR count). The summed E-state index contributed by atoms with van der Waals surface area (Å²) in [5.74, 6) is 0.776. The van der Waals surface area contributed by atoms with Crippen molar-refractivity contribution in [2.24, 2.45) is 0 Å². The van der Waals surface area contributed by atoms with E-state index in [1.54, 1.807) is 7.11 Å². The smallest absolute Gasteiger partial charge is 0.125 e. The fourth-order valence-corrected chi connectivity index (χ4v) is 2.21. The van der Waals surface area contributed by atoms with E-state index in [4.69, 9.17) is 27.9 Å². The molecule has 4 heteroatoms. The lowest BCUT2D eigenvalue weighted by molar-refractivity contribution is 0.410. The number of benzene rings is 2. The Labute approximate surface area is 123 Å². The maximum absolute atomic E-state index is 6.18. The van der Waals surface area contributed by atoms with E-state index in [2.05, 4.69) is 5.32 Å². The summed E-state index contributed by atoms with van der Waals surface area (Å²) in [4.78, 5) is 0. The second-order valence-electron chi connectivity index (χ2n) is 4.24. The molecule has 0 atom stereocenters. The van der Waals surface area contributed by atoms with Crippen molar-refractivity contribution in [2.75, 3.05) is 12.4 Å². The van der Waals surface area contributed by atoms with Crippen LogP contribution in [0.15, 0.2) is 36.4 Å². The van der Waals surface area contributed by atoms with E-state index in [9.17, 15) is 0 Å². The van der Waals surface area contributed by atoms with E-state index >= 15 is 0 Å². The number of rotatable bonds is 4. The Bertz CT molecular complexity index is 584. The summed E-state index contributed by atoms with van der Waals surface area (Å²) in [5.41, 5.74) is 2.95. The van der Waals surface area contributed by atoms with E-state index in [0.717, 1.165) is 27.6 Å². The van der Waals surface area contributed by atoms with E-state index in [1.807, 2.05) is 43.3 Å². The van der Waals surface area contributed by atoms with Crippen LogP contribution in [0.5, 0.6) is 5.75 Å². The predicted octanol–water partition coefficient (Wildman–Crippen LogP) is 4.92. The van der Waals surface area contributed by atoms with Crippen molar-refractivity contribution in [1.29, 1.82) is 0 Å². The van der Waals surface area contributed by atoms with Crippen LogP contribution in [0.3, 0.4) is 0 Å². The largest absolute Gasteiger partial charge is 0.496 e. The van der Waals surface area contributed by atoms with Crippen molar-refractivity contribution in [3.8, 4) is 5.75 Å². The Morgan fingerprint density at radius 1 is 1.11 bits per heavy atom. The Hall–Kier alpha value is -1.38. The van der Waals surface area contributed by atoms with Gasteiger partial charge in [-0.15, -0.1) is 0 Å². The summed E-state index contributed by atoms with van der Waals surface area (Å²) in [6.45, 7) is 2.56. The van der Waals surface area contributed by atoms with Crippen molar-refractivity contribution in [2.45, 2.75) is 13.5 Å². The lowest BCUT2D eigenvalue weighted by Gasteiger charge is -2.12. The number of hydrogen-bond donors (Lipinski definition) is 1. The van der Waals surface area contributed by atoms with Crippen LogP contribution < -0.4 is 10.1 Å². The fourth-order valence-electron chi connectivity index (χ4n) is 1.79. The Morgan fingerprint density at radius 3 is 2.58 bits per heavy atom. The Balaban J connectivity index is 2.16. The first-order chi connectivity index (χ1) is 9.11. The van der Waals surface area contributed by atoms with Gasteiger partial charge in [-0.1, -0.05) is 35.3 Å². The zero-order valence-electron chi connectivity index (χ0n) is 10.8. The molecule has 1 N–H and O–H groups in total. The van der Waals surface area contributed by atoms with Gasteiger partial charge >= 0.3 is 0 Å². The van der Waals surface area contributed by atoms with Crippen molar-refractivity contribution in [3.05, 3.63) is 57.6 Å². The first-order valence-electron chi connectivity index (χ1n) is 5.93. The molecule has 19 heavy (non-hydrogen) atoms. The SMILES string of the molecule is COc1cccc(Cl)c1CNc1ccc(C)c(Cl)c1. The number of nitrogens with one attached hydrogen (secondary N) is 1. The first kappa shape index (κ1) is 14.0. The molecule has 0 amide bonds. The average Bonchev–Trinajstić information content (AvgIpc) is 2.41. The van der Waals surface area contributed by atoms with Crippen LogP contribution in [0.4, 0.5) is 5.69 Å². The molecular formula is C15H15Cl2NO. The Morgan fingerprint density at radius 2 is 1.89 bits per heavy atom. The van der Waals surface area contributed by atoms with Gasteiger partial charge in [0.2, 0.25) is 0 Å². The van der Waals surface area contributed by atoms with Gasteiger partial charge in [0.05, 0.1) is 7.11 Å². The van der Waals surface area contributed by atoms with E-state index in [-0.39, 0.29) is 0 Å². The lowest BCUT2D eigenvalue weighted by atomic mass is 10.2. The minimum Gasteiger partial charge on any atom is -0.496 e. The molecule has 0 aliphatic rings. The highest BCUT2D eigenvalue weighted by molar-refractivity contribution is 6.32. The van der Waals surface area contributed by atoms with Crippen LogP contribution >= 0.6 is 23.2 Å². The second kappa shape index (κ2) is 6.18. The molecule has 0 aliphatic carbocycles. The Kier molecular flexibility index (Phi) is 4.56. The molecule has 0 unspecified atom stereocenters. The average molecular weight is 296 g/mol. The molecule has 0 aliphatic heterocycles. The molecule has 100 valence electrons. The molecule has 0 bridgehead atoms. The number of aryl methyl sites for hydroxylation is 1. The van der Waals surface area contributed by atoms with Crippen molar-refractivity contribution >= 4 is 28.9 Å². The summed E-state index contributed by atoms with van der Waals surface area (Å²) >= 11 is 12.3. The number of ether oxygens (including phenoxy) is 1. The summed E-state index contributed by atoms with van der Waals surface area (Å²) in [5, 5.41) is 4.73. The molecule has 0 radical (unpaired) electrons. The number of methoxy groups -OCH3 is 1. The maximum Gasteiger partial charge on any atom is 0.125 e. The quantitative estimate of drug-likeness (QED) is 0.864. The van der Waals surface area contributed by atoms with Gasteiger partial charge in [0.25, 0.3) is 0 Å². The van der Waals surface area contributed by atoms with Gasteiger partial charge in [0.1, 0.15) is 5.75 Å². The van der Waals surface area contributed by atoms with Crippen LogP contribution in [0.2, 0.25) is 10.0 Å². The maximum atomic E-state index is 6.18. The first-order valence-corrected chi connectivity index (χ1v) is 6.69. The van der Waals surface area contributed by atoms with Gasteiger partial charge in [0, 0.05) is 27.8 Å². The molecule has 0 heterocycles. The summed E-state index contributed by atoms with van der Waals surface area (Å²) in [6.07, 6.45) is 0. The van der Waals surface area contributed by atoms with E-state index in [0.29, 0.717) is 11.6 Å². The molecule has 2 nitrogen and oxygen atoms in total. The molecular weight excluding hydrogens is 281 g/mol. The molecule has 2 aromatic rings. The number of anilines is 1. The molecule has 0 aromatic heterocycles. The molecule has 0 spiro atoms. The third-order valence-electron chi connectivity index (χ3n) is 2.94. The topological polar surface area (TPSA) is 21.3 Å². The fraction of sp³-hybridized carbons (Fsp3) is 0.200. The molecule has 0 saturated carbocycles. The van der Waals surface area contributed by atoms with Gasteiger partial charge in [0.15, 0.2) is 0 Å². The predicted molar refractivity (Wildman–Crippen MR) is 81.5 cm³/mol. The number of hydrogen-bond acceptors (Lipinski definition) is 2. The van der Waals surface area contributed by atoms with Gasteiger partial charge in [-0.05, 0) is 36.8 Å². The van der Waals surface area contributed by atoms with Crippen LogP contribution in [0.1, 0.15) is 11.1 Å². The number of halogens is 2. The molecule has 0 fully saturated rings. The van der Waals surface area contributed by atoms with E-state index < -0.39 is 0 Å². The highest BCUT2D eigenvalue weighted by Crippen LogP contribution is 2.27. The summed E-state index contributed by atoms with van der Waals surface area (Å²) < 4.78 is 5.31. The highest BCUT2D eigenvalue weighted by atomic mass is 35.5. The van der Waals surface area contributed by atoms with Crippen molar-refractivity contribution in [3.63, 3.8) is 0 Å². The van der Waals surface area contributed by atoms with Crippen LogP contribution in [-0.2, 0) is 6.54 Å².